The lowest BCUT2D eigenvalue weighted by atomic mass is 10.0. The number of carbonyl (C=O) groups is 1. The van der Waals surface area contributed by atoms with Gasteiger partial charge in [-0.15, -0.1) is 0 Å². The van der Waals surface area contributed by atoms with Gasteiger partial charge in [0, 0.05) is 12.3 Å². The van der Waals surface area contributed by atoms with E-state index in [0.29, 0.717) is 12.1 Å². The Labute approximate surface area is 118 Å². The van der Waals surface area contributed by atoms with Crippen molar-refractivity contribution in [3.8, 4) is 0 Å². The number of benzene rings is 1. The number of aliphatic hydroxyl groups is 1. The summed E-state index contributed by atoms with van der Waals surface area (Å²) in [6, 6.07) is 11.4. The van der Waals surface area contributed by atoms with Gasteiger partial charge in [0.1, 0.15) is 5.69 Å². The van der Waals surface area contributed by atoms with E-state index in [1.165, 1.54) is 0 Å². The predicted molar refractivity (Wildman–Crippen MR) is 78.6 cm³/mol. The SMILES string of the molecule is Cc1cc(C)c(C(=O)NC(CCO)c2ccccc2)[nH]1. The molecule has 0 bridgehead atoms. The Kier molecular flexibility index (Phi) is 4.58. The van der Waals surface area contributed by atoms with Crippen molar-refractivity contribution >= 4 is 5.91 Å². The standard InChI is InChI=1S/C16H20N2O2/c1-11-10-12(2)17-15(11)16(20)18-14(8-9-19)13-6-4-3-5-7-13/h3-7,10,14,17,19H,8-9H2,1-2H3,(H,18,20). The van der Waals surface area contributed by atoms with E-state index >= 15 is 0 Å². The molecule has 2 rings (SSSR count). The lowest BCUT2D eigenvalue weighted by molar-refractivity contribution is 0.0925. The minimum Gasteiger partial charge on any atom is -0.396 e. The van der Waals surface area contributed by atoms with Crippen LogP contribution in [0.3, 0.4) is 0 Å². The highest BCUT2D eigenvalue weighted by molar-refractivity contribution is 5.94. The lowest BCUT2D eigenvalue weighted by Crippen LogP contribution is -2.30. The molecule has 2 aromatic rings. The third kappa shape index (κ3) is 3.27. The third-order valence-electron chi connectivity index (χ3n) is 3.30. The van der Waals surface area contributed by atoms with Gasteiger partial charge in [-0.25, -0.2) is 0 Å². The van der Waals surface area contributed by atoms with Gasteiger partial charge in [-0.2, -0.15) is 0 Å². The van der Waals surface area contributed by atoms with Gasteiger partial charge < -0.3 is 15.4 Å². The van der Waals surface area contributed by atoms with Crippen LogP contribution in [0.1, 0.15) is 39.8 Å². The number of hydrogen-bond donors (Lipinski definition) is 3. The molecular formula is C16H20N2O2. The molecule has 1 atom stereocenters. The van der Waals surface area contributed by atoms with Gasteiger partial charge in [-0.3, -0.25) is 4.79 Å². The molecule has 0 saturated heterocycles. The quantitative estimate of drug-likeness (QED) is 0.783. The van der Waals surface area contributed by atoms with E-state index in [2.05, 4.69) is 10.3 Å². The van der Waals surface area contributed by atoms with Crippen molar-refractivity contribution in [3.63, 3.8) is 0 Å². The largest absolute Gasteiger partial charge is 0.396 e. The summed E-state index contributed by atoms with van der Waals surface area (Å²) in [6.07, 6.45) is 0.495. The molecule has 0 radical (unpaired) electrons. The smallest absolute Gasteiger partial charge is 0.268 e. The molecule has 1 heterocycles. The molecule has 106 valence electrons. The Morgan fingerprint density at radius 2 is 2.00 bits per heavy atom. The average Bonchev–Trinajstić information content (AvgIpc) is 2.78. The molecule has 0 aliphatic carbocycles. The molecule has 20 heavy (non-hydrogen) atoms. The highest BCUT2D eigenvalue weighted by Gasteiger charge is 2.17. The number of H-pyrrole nitrogens is 1. The van der Waals surface area contributed by atoms with Crippen molar-refractivity contribution < 1.29 is 9.90 Å². The van der Waals surface area contributed by atoms with E-state index in [1.54, 1.807) is 0 Å². The topological polar surface area (TPSA) is 65.1 Å². The molecule has 4 heteroatoms. The molecule has 0 fully saturated rings. The number of aryl methyl sites for hydroxylation is 2. The van der Waals surface area contributed by atoms with Crippen LogP contribution in [0.2, 0.25) is 0 Å². The molecule has 1 aromatic carbocycles. The van der Waals surface area contributed by atoms with Crippen molar-refractivity contribution in [3.05, 3.63) is 58.9 Å². The molecule has 3 N–H and O–H groups in total. The fourth-order valence-corrected chi connectivity index (χ4v) is 2.33. The summed E-state index contributed by atoms with van der Waals surface area (Å²) < 4.78 is 0. The Hall–Kier alpha value is -2.07. The highest BCUT2D eigenvalue weighted by Crippen LogP contribution is 2.17. The molecule has 4 nitrogen and oxygen atoms in total. The molecule has 0 spiro atoms. The second kappa shape index (κ2) is 6.39. The van der Waals surface area contributed by atoms with E-state index in [9.17, 15) is 9.90 Å². The van der Waals surface area contributed by atoms with Crippen LogP contribution in [0.4, 0.5) is 0 Å². The third-order valence-corrected chi connectivity index (χ3v) is 3.30. The number of nitrogens with one attached hydrogen (secondary N) is 2. The fourth-order valence-electron chi connectivity index (χ4n) is 2.33. The molecule has 1 aromatic heterocycles. The number of hydrogen-bond acceptors (Lipinski definition) is 2. The first-order chi connectivity index (χ1) is 9.61. The van der Waals surface area contributed by atoms with Crippen LogP contribution >= 0.6 is 0 Å². The van der Waals surface area contributed by atoms with Crippen LogP contribution in [0.5, 0.6) is 0 Å². The van der Waals surface area contributed by atoms with E-state index in [1.807, 2.05) is 50.2 Å². The fraction of sp³-hybridized carbons (Fsp3) is 0.312. The van der Waals surface area contributed by atoms with Gasteiger partial charge in [0.15, 0.2) is 0 Å². The maximum atomic E-state index is 12.3. The number of amides is 1. The second-order valence-corrected chi connectivity index (χ2v) is 4.96. The van der Waals surface area contributed by atoms with Gasteiger partial charge in [0.25, 0.3) is 5.91 Å². The zero-order valence-electron chi connectivity index (χ0n) is 11.8. The maximum absolute atomic E-state index is 12.3. The zero-order chi connectivity index (χ0) is 14.5. The van der Waals surface area contributed by atoms with Gasteiger partial charge in [-0.05, 0) is 37.5 Å². The first-order valence-corrected chi connectivity index (χ1v) is 6.74. The minimum absolute atomic E-state index is 0.0303. The van der Waals surface area contributed by atoms with Crippen LogP contribution in [0.25, 0.3) is 0 Å². The summed E-state index contributed by atoms with van der Waals surface area (Å²) in [4.78, 5) is 15.4. The Balaban J connectivity index is 2.16. The van der Waals surface area contributed by atoms with Crippen molar-refractivity contribution in [2.75, 3.05) is 6.61 Å². The zero-order valence-corrected chi connectivity index (χ0v) is 11.8. The van der Waals surface area contributed by atoms with Crippen molar-refractivity contribution in [1.82, 2.24) is 10.3 Å². The van der Waals surface area contributed by atoms with E-state index in [0.717, 1.165) is 16.8 Å². The monoisotopic (exact) mass is 272 g/mol. The lowest BCUT2D eigenvalue weighted by Gasteiger charge is -2.18. The summed E-state index contributed by atoms with van der Waals surface area (Å²) in [5.41, 5.74) is 3.47. The summed E-state index contributed by atoms with van der Waals surface area (Å²) >= 11 is 0. The van der Waals surface area contributed by atoms with Gasteiger partial charge in [-0.1, -0.05) is 30.3 Å². The molecule has 0 aliphatic rings. The summed E-state index contributed by atoms with van der Waals surface area (Å²) in [5, 5.41) is 12.2. The molecule has 0 aliphatic heterocycles. The molecular weight excluding hydrogens is 252 g/mol. The van der Waals surface area contributed by atoms with Gasteiger partial charge >= 0.3 is 0 Å². The predicted octanol–water partition coefficient (Wildman–Crippen LogP) is 2.49. The normalized spacial score (nSPS) is 12.2. The minimum atomic E-state index is -0.184. The highest BCUT2D eigenvalue weighted by atomic mass is 16.3. The van der Waals surface area contributed by atoms with Crippen molar-refractivity contribution in [1.29, 1.82) is 0 Å². The molecule has 1 unspecified atom stereocenters. The maximum Gasteiger partial charge on any atom is 0.268 e. The Morgan fingerprint density at radius 3 is 2.55 bits per heavy atom. The van der Waals surface area contributed by atoms with Gasteiger partial charge in [0.2, 0.25) is 0 Å². The number of aromatic amines is 1. The summed E-state index contributed by atoms with van der Waals surface area (Å²) in [6.45, 7) is 3.86. The number of aromatic nitrogens is 1. The molecule has 0 saturated carbocycles. The van der Waals surface area contributed by atoms with Crippen LogP contribution in [-0.2, 0) is 0 Å². The van der Waals surface area contributed by atoms with Crippen LogP contribution in [0, 0.1) is 13.8 Å². The van der Waals surface area contributed by atoms with Crippen LogP contribution in [0.15, 0.2) is 36.4 Å². The summed E-state index contributed by atoms with van der Waals surface area (Å²) in [5.74, 6) is -0.141. The van der Waals surface area contributed by atoms with Gasteiger partial charge in [0.05, 0.1) is 6.04 Å². The Morgan fingerprint density at radius 1 is 1.30 bits per heavy atom. The number of carbonyl (C=O) groups excluding carboxylic acids is 1. The van der Waals surface area contributed by atoms with Crippen LogP contribution < -0.4 is 5.32 Å². The first kappa shape index (κ1) is 14.3. The van der Waals surface area contributed by atoms with E-state index in [4.69, 9.17) is 0 Å². The Bertz CT molecular complexity index is 575. The molecule has 1 amide bonds. The van der Waals surface area contributed by atoms with Crippen LogP contribution in [-0.4, -0.2) is 22.6 Å². The van der Waals surface area contributed by atoms with Crippen molar-refractivity contribution in [2.45, 2.75) is 26.3 Å². The van der Waals surface area contributed by atoms with E-state index in [-0.39, 0.29) is 18.6 Å². The number of aliphatic hydroxyl groups excluding tert-OH is 1. The number of rotatable bonds is 5. The van der Waals surface area contributed by atoms with E-state index < -0.39 is 0 Å². The van der Waals surface area contributed by atoms with Crippen molar-refractivity contribution in [2.24, 2.45) is 0 Å². The second-order valence-electron chi connectivity index (χ2n) is 4.96. The summed E-state index contributed by atoms with van der Waals surface area (Å²) in [7, 11) is 0. The average molecular weight is 272 g/mol. The first-order valence-electron chi connectivity index (χ1n) is 6.74.